The quantitative estimate of drug-likeness (QED) is 0.0643. The van der Waals surface area contributed by atoms with E-state index in [0.717, 1.165) is 14.2 Å². The van der Waals surface area contributed by atoms with Crippen LogP contribution in [0.3, 0.4) is 0 Å². The molecule has 0 aliphatic carbocycles. The van der Waals surface area contributed by atoms with Crippen molar-refractivity contribution in [1.82, 2.24) is 0 Å². The Kier molecular flexibility index (Phi) is 19.0. The van der Waals surface area contributed by atoms with Gasteiger partial charge in [0.15, 0.2) is 74.6 Å². The number of rotatable bonds is 17. The third-order valence-corrected chi connectivity index (χ3v) is 12.4. The van der Waals surface area contributed by atoms with Crippen LogP contribution in [-0.2, 0) is 85.6 Å². The van der Waals surface area contributed by atoms with Gasteiger partial charge in [-0.2, -0.15) is 0 Å². The molecule has 73 heavy (non-hydrogen) atoms. The molecule has 0 amide bonds. The van der Waals surface area contributed by atoms with Crippen molar-refractivity contribution < 1.29 is 177 Å². The van der Waals surface area contributed by atoms with Gasteiger partial charge < -0.3 is 153 Å². The Hall–Kier alpha value is -3.69. The molecule has 12 unspecified atom stereocenters. The summed E-state index contributed by atoms with van der Waals surface area (Å²) < 4.78 is 67.1. The van der Waals surface area contributed by atoms with Crippen LogP contribution < -0.4 is 0 Å². The molecule has 6 heterocycles. The van der Waals surface area contributed by atoms with Gasteiger partial charge in [-0.3, -0.25) is 0 Å². The largest absolute Gasteiger partial charge is 0.479 e. The fourth-order valence-corrected chi connectivity index (χ4v) is 8.54. The van der Waals surface area contributed by atoms with Crippen LogP contribution in [0.2, 0.25) is 0 Å². The fraction of sp³-hybridized carbons (Fsp3) is 0.865. The van der Waals surface area contributed by atoms with Gasteiger partial charge in [-0.25, -0.2) is 24.0 Å². The second-order valence-electron chi connectivity index (χ2n) is 17.0. The fourth-order valence-electron chi connectivity index (χ4n) is 8.54. The zero-order valence-corrected chi connectivity index (χ0v) is 37.2. The van der Waals surface area contributed by atoms with Gasteiger partial charge in [-0.15, -0.1) is 0 Å². The van der Waals surface area contributed by atoms with Gasteiger partial charge in [0.25, 0.3) is 0 Å². The number of carboxylic acids is 5. The SMILES string of the molecule is CO[C@H]1O[C@H](C(=O)O)[C@@H](O[C@@H]2OC(C(=O)O)[C@H](O[C@H]3O[C@H](C(=O)O)[C@@H](O[C@@H]4OC(C(=O)O)[C@H](O[C@H]5O[C@@H](C(=O)O)[C@@H](O[C@@H]6OC(O)[C@H](OC)[C@@H](O)C6O)C(O)C5O)[C@H](O)C4O)C(O)C3O)[C@@H](O)C2O)C(O)C1O. The molecule has 0 saturated carbocycles. The van der Waals surface area contributed by atoms with Crippen LogP contribution in [0.5, 0.6) is 0 Å². The summed E-state index contributed by atoms with van der Waals surface area (Å²) in [5.41, 5.74) is 0. The van der Waals surface area contributed by atoms with Crippen molar-refractivity contribution in [2.45, 2.75) is 184 Å². The number of aliphatic hydroxyl groups is 13. The summed E-state index contributed by atoms with van der Waals surface area (Å²) in [6, 6.07) is 0. The molecule has 0 aromatic heterocycles. The average Bonchev–Trinajstić information content (AvgIpc) is 3.32. The molecule has 6 rings (SSSR count). The third kappa shape index (κ3) is 11.7. The maximum atomic E-state index is 12.5. The number of methoxy groups -OCH3 is 2. The molecule has 36 heteroatoms. The second-order valence-corrected chi connectivity index (χ2v) is 17.0. The molecule has 0 radical (unpaired) electrons. The maximum Gasteiger partial charge on any atom is 0.335 e. The molecule has 418 valence electrons. The van der Waals surface area contributed by atoms with Crippen molar-refractivity contribution in [3.63, 3.8) is 0 Å². The topological polar surface area (TPSA) is 569 Å². The Morgan fingerprint density at radius 3 is 0.671 bits per heavy atom. The maximum absolute atomic E-state index is 12.5. The molecule has 0 spiro atoms. The first kappa shape index (κ1) is 58.6. The van der Waals surface area contributed by atoms with E-state index in [1.54, 1.807) is 0 Å². The average molecular weight is 1070 g/mol. The number of carboxylic acid groups (broad SMARTS) is 5. The molecule has 0 aromatic carbocycles. The molecular formula is C37H54O36. The first-order chi connectivity index (χ1) is 34.2. The van der Waals surface area contributed by atoms with Gasteiger partial charge in [0.2, 0.25) is 0 Å². The predicted octanol–water partition coefficient (Wildman–Crippen LogP) is -12.4. The van der Waals surface area contributed by atoms with E-state index >= 15 is 0 Å². The highest BCUT2D eigenvalue weighted by molar-refractivity contribution is 5.75. The minimum atomic E-state index is -2.61. The number of hydrogen-bond donors (Lipinski definition) is 18. The van der Waals surface area contributed by atoms with Gasteiger partial charge in [-0.1, -0.05) is 0 Å². The second kappa shape index (κ2) is 23.7. The Morgan fingerprint density at radius 2 is 0.466 bits per heavy atom. The van der Waals surface area contributed by atoms with Crippen molar-refractivity contribution in [3.8, 4) is 0 Å². The minimum absolute atomic E-state index is 0.987. The summed E-state index contributed by atoms with van der Waals surface area (Å²) >= 11 is 0. The molecule has 36 nitrogen and oxygen atoms in total. The normalized spacial score (nSPS) is 49.6. The van der Waals surface area contributed by atoms with Crippen molar-refractivity contribution in [2.24, 2.45) is 0 Å². The molecule has 6 saturated heterocycles. The van der Waals surface area contributed by atoms with E-state index < -0.39 is 214 Å². The smallest absolute Gasteiger partial charge is 0.335 e. The van der Waals surface area contributed by atoms with E-state index in [2.05, 4.69) is 0 Å². The number of hydrogen-bond acceptors (Lipinski definition) is 31. The first-order valence-electron chi connectivity index (χ1n) is 21.4. The van der Waals surface area contributed by atoms with Crippen LogP contribution in [0.25, 0.3) is 0 Å². The highest BCUT2D eigenvalue weighted by atomic mass is 16.8. The molecule has 6 aliphatic heterocycles. The zero-order valence-electron chi connectivity index (χ0n) is 37.2. The van der Waals surface area contributed by atoms with Crippen LogP contribution in [0.1, 0.15) is 0 Å². The van der Waals surface area contributed by atoms with Crippen molar-refractivity contribution in [3.05, 3.63) is 0 Å². The highest BCUT2D eigenvalue weighted by Crippen LogP contribution is 2.37. The van der Waals surface area contributed by atoms with Gasteiger partial charge in [0.1, 0.15) is 110 Å². The van der Waals surface area contributed by atoms with E-state index in [-0.39, 0.29) is 0 Å². The highest BCUT2D eigenvalue weighted by Gasteiger charge is 2.60. The summed E-state index contributed by atoms with van der Waals surface area (Å²) in [4.78, 5) is 61.6. The molecule has 6 fully saturated rings. The number of carbonyl (C=O) groups is 5. The summed E-state index contributed by atoms with van der Waals surface area (Å²) in [5.74, 6) is -9.99. The van der Waals surface area contributed by atoms with Crippen LogP contribution >= 0.6 is 0 Å². The lowest BCUT2D eigenvalue weighted by atomic mass is 9.95. The Bertz CT molecular complexity index is 1930. The lowest BCUT2D eigenvalue weighted by Gasteiger charge is -2.48. The van der Waals surface area contributed by atoms with E-state index in [9.17, 15) is 116 Å². The molecule has 18 N–H and O–H groups in total. The molecule has 0 bridgehead atoms. The number of aliphatic hydroxyl groups excluding tert-OH is 13. The van der Waals surface area contributed by atoms with E-state index in [4.69, 9.17) is 61.6 Å². The van der Waals surface area contributed by atoms with Crippen LogP contribution in [0.4, 0.5) is 0 Å². The summed E-state index contributed by atoms with van der Waals surface area (Å²) in [6.45, 7) is 0. The van der Waals surface area contributed by atoms with Gasteiger partial charge >= 0.3 is 29.8 Å². The Labute approximate surface area is 405 Å². The minimum Gasteiger partial charge on any atom is -0.479 e. The predicted molar refractivity (Wildman–Crippen MR) is 207 cm³/mol. The standard InChI is InChI=1S/C37H54O36/c1-61-20-8(43)14(49)37(73-31(20)60)67-19-7(42)13(48)36(72-25(19)30(58)59)66-18-6(41)12(47)35(71-24(18)29(56)57)65-17-5(40)11(46)34(70-23(17)28(54)55)64-16-4(39)10(45)33(69-22(16)27(52)53)63-15-3(38)9(44)32(62-2)68-21(15)26(50)51/h3-25,31-49,60H,1-2H3,(H,50,51)(H,52,53)(H,54,55)(H,56,57)(H,58,59)/t3?,4-,5?,6+,7?,8-,9?,10?,11?,12?,13?,14?,15-,16+,17-,18+,19-,20+,21-,22?,23-,24?,25+,31?,32-,33+,34-,35+,36-,37+/m0/s1. The summed E-state index contributed by atoms with van der Waals surface area (Å²) in [7, 11) is 2.02. The van der Waals surface area contributed by atoms with Gasteiger partial charge in [0, 0.05) is 14.2 Å². The molecule has 0 aromatic rings. The van der Waals surface area contributed by atoms with Gasteiger partial charge in [0.05, 0.1) is 0 Å². The van der Waals surface area contributed by atoms with Crippen molar-refractivity contribution >= 4 is 29.8 Å². The van der Waals surface area contributed by atoms with E-state index in [0.29, 0.717) is 0 Å². The van der Waals surface area contributed by atoms with Crippen molar-refractivity contribution in [1.29, 1.82) is 0 Å². The number of aliphatic carboxylic acids is 5. The third-order valence-electron chi connectivity index (χ3n) is 12.4. The Morgan fingerprint density at radius 1 is 0.274 bits per heavy atom. The molecular weight excluding hydrogens is 1020 g/mol. The van der Waals surface area contributed by atoms with Crippen LogP contribution in [0, 0.1) is 0 Å². The van der Waals surface area contributed by atoms with E-state index in [1.165, 1.54) is 0 Å². The zero-order chi connectivity index (χ0) is 54.4. The van der Waals surface area contributed by atoms with Crippen LogP contribution in [-0.4, -0.2) is 320 Å². The first-order valence-corrected chi connectivity index (χ1v) is 21.4. The van der Waals surface area contributed by atoms with E-state index in [1.807, 2.05) is 0 Å². The summed E-state index contributed by atoms with van der Waals surface area (Å²) in [5, 5.41) is 190. The summed E-state index contributed by atoms with van der Waals surface area (Å²) in [6.07, 6.45) is -69.6. The van der Waals surface area contributed by atoms with Crippen molar-refractivity contribution in [2.75, 3.05) is 14.2 Å². The molecule has 6 aliphatic rings. The number of ether oxygens (including phenoxy) is 13. The molecule has 30 atom stereocenters. The van der Waals surface area contributed by atoms with Crippen LogP contribution in [0.15, 0.2) is 0 Å². The Balaban J connectivity index is 1.13. The monoisotopic (exact) mass is 1070 g/mol. The lowest BCUT2D eigenvalue weighted by molar-refractivity contribution is -0.391. The van der Waals surface area contributed by atoms with Gasteiger partial charge in [-0.05, 0) is 0 Å². The lowest BCUT2D eigenvalue weighted by Crippen LogP contribution is -2.69.